The molecule has 1 atom stereocenters. The summed E-state index contributed by atoms with van der Waals surface area (Å²) < 4.78 is 6.58. The number of rotatable bonds is 3. The second-order valence-electron chi connectivity index (χ2n) is 7.95. The monoisotopic (exact) mass is 417 g/mol. The Labute approximate surface area is 180 Å². The third kappa shape index (κ3) is 3.34. The summed E-state index contributed by atoms with van der Waals surface area (Å²) in [4.78, 5) is 39.5. The molecule has 1 aliphatic carbocycles. The lowest BCUT2D eigenvalue weighted by Gasteiger charge is -2.39. The normalized spacial score (nSPS) is 18.6. The number of carbonyl (C=O) groups is 2. The first-order valence-electron chi connectivity index (χ1n) is 10.2. The number of ketones is 1. The highest BCUT2D eigenvalue weighted by atomic mass is 16.5. The Morgan fingerprint density at radius 1 is 1.13 bits per heavy atom. The number of benzene rings is 1. The summed E-state index contributed by atoms with van der Waals surface area (Å²) in [7, 11) is 1.57. The van der Waals surface area contributed by atoms with Gasteiger partial charge in [-0.15, -0.1) is 0 Å². The third-order valence-electron chi connectivity index (χ3n) is 6.02. The van der Waals surface area contributed by atoms with E-state index in [0.29, 0.717) is 47.5 Å². The largest absolute Gasteiger partial charge is 0.497 e. The van der Waals surface area contributed by atoms with Crippen LogP contribution in [0.4, 0.5) is 0 Å². The maximum atomic E-state index is 13.4. The molecule has 4 rings (SSSR count). The Kier molecular flexibility index (Phi) is 5.24. The predicted molar refractivity (Wildman–Crippen MR) is 114 cm³/mol. The van der Waals surface area contributed by atoms with Crippen molar-refractivity contribution in [2.45, 2.75) is 45.4 Å². The number of amides is 1. The van der Waals surface area contributed by atoms with Crippen molar-refractivity contribution in [3.63, 3.8) is 0 Å². The first-order valence-corrected chi connectivity index (χ1v) is 10.2. The molecule has 2 aliphatic rings. The summed E-state index contributed by atoms with van der Waals surface area (Å²) >= 11 is 0. The van der Waals surface area contributed by atoms with Gasteiger partial charge in [0, 0.05) is 30.0 Å². The average molecular weight is 417 g/mol. The minimum Gasteiger partial charge on any atom is -0.497 e. The van der Waals surface area contributed by atoms with E-state index < -0.39 is 11.5 Å². The molecule has 31 heavy (non-hydrogen) atoms. The van der Waals surface area contributed by atoms with E-state index in [2.05, 4.69) is 0 Å². The topological polar surface area (TPSA) is 92.4 Å². The van der Waals surface area contributed by atoms with Crippen LogP contribution in [-0.2, 0) is 9.59 Å². The summed E-state index contributed by atoms with van der Waals surface area (Å²) in [5.74, 6) is -0.0234. The van der Waals surface area contributed by atoms with Gasteiger partial charge in [0.2, 0.25) is 5.91 Å². The SMILES string of the molecule is COc1cccc(C2CC(=O)N(n3c(C)cc(C)c(C#N)c3=O)C3=C2C(=O)CCC3)c1. The van der Waals surface area contributed by atoms with E-state index in [4.69, 9.17) is 4.74 Å². The van der Waals surface area contributed by atoms with Gasteiger partial charge in [-0.25, -0.2) is 9.69 Å². The maximum absolute atomic E-state index is 13.4. The van der Waals surface area contributed by atoms with E-state index in [1.165, 1.54) is 9.69 Å². The number of allylic oxidation sites excluding steroid dienone is 2. The molecule has 0 spiro atoms. The number of aromatic nitrogens is 1. The molecule has 0 saturated heterocycles. The van der Waals surface area contributed by atoms with Gasteiger partial charge < -0.3 is 4.74 Å². The smallest absolute Gasteiger partial charge is 0.288 e. The van der Waals surface area contributed by atoms with Crippen LogP contribution >= 0.6 is 0 Å². The number of methoxy groups -OCH3 is 1. The molecule has 158 valence electrons. The van der Waals surface area contributed by atoms with E-state index >= 15 is 0 Å². The minimum absolute atomic E-state index is 0.00222. The number of hydrogen-bond donors (Lipinski definition) is 0. The zero-order valence-corrected chi connectivity index (χ0v) is 17.8. The Morgan fingerprint density at radius 2 is 1.90 bits per heavy atom. The van der Waals surface area contributed by atoms with Crippen LogP contribution in [0.1, 0.15) is 54.0 Å². The molecule has 2 aromatic rings. The highest BCUT2D eigenvalue weighted by molar-refractivity contribution is 6.04. The van der Waals surface area contributed by atoms with Crippen LogP contribution in [0.2, 0.25) is 0 Å². The van der Waals surface area contributed by atoms with Crippen LogP contribution in [0.25, 0.3) is 0 Å². The Balaban J connectivity index is 1.95. The summed E-state index contributed by atoms with van der Waals surface area (Å²) in [6.45, 7) is 3.42. The number of carbonyl (C=O) groups excluding carboxylic acids is 2. The number of nitriles is 1. The summed E-state index contributed by atoms with van der Waals surface area (Å²) in [5.41, 5.74) is 2.52. The van der Waals surface area contributed by atoms with Crippen LogP contribution in [0.5, 0.6) is 5.75 Å². The molecule has 0 bridgehead atoms. The highest BCUT2D eigenvalue weighted by Gasteiger charge is 2.41. The molecular weight excluding hydrogens is 394 g/mol. The van der Waals surface area contributed by atoms with E-state index in [9.17, 15) is 19.6 Å². The van der Waals surface area contributed by atoms with E-state index in [1.54, 1.807) is 27.0 Å². The summed E-state index contributed by atoms with van der Waals surface area (Å²) in [6, 6.07) is 11.0. The van der Waals surface area contributed by atoms with Gasteiger partial charge in [-0.1, -0.05) is 12.1 Å². The molecule has 7 nitrogen and oxygen atoms in total. The van der Waals surface area contributed by atoms with Crippen molar-refractivity contribution in [1.82, 2.24) is 4.68 Å². The van der Waals surface area contributed by atoms with Crippen LogP contribution < -0.4 is 15.3 Å². The molecule has 2 heterocycles. The Bertz CT molecular complexity index is 1230. The lowest BCUT2D eigenvalue weighted by atomic mass is 9.77. The van der Waals surface area contributed by atoms with E-state index in [1.807, 2.05) is 30.3 Å². The van der Waals surface area contributed by atoms with E-state index in [-0.39, 0.29) is 23.7 Å². The molecule has 1 aromatic carbocycles. The summed E-state index contributed by atoms with van der Waals surface area (Å²) in [5, 5.41) is 10.8. The second kappa shape index (κ2) is 7.88. The number of ether oxygens (including phenoxy) is 1. The van der Waals surface area contributed by atoms with Crippen molar-refractivity contribution in [3.05, 3.63) is 74.3 Å². The lowest BCUT2D eigenvalue weighted by molar-refractivity contribution is -0.121. The third-order valence-corrected chi connectivity index (χ3v) is 6.02. The maximum Gasteiger partial charge on any atom is 0.288 e. The molecule has 1 unspecified atom stereocenters. The molecule has 1 aromatic heterocycles. The Morgan fingerprint density at radius 3 is 2.61 bits per heavy atom. The van der Waals surface area contributed by atoms with Crippen molar-refractivity contribution >= 4 is 11.7 Å². The predicted octanol–water partition coefficient (Wildman–Crippen LogP) is 3.00. The first-order chi connectivity index (χ1) is 14.9. The molecular formula is C24H23N3O4. The molecule has 0 saturated carbocycles. The van der Waals surface area contributed by atoms with Crippen molar-refractivity contribution in [2.24, 2.45) is 0 Å². The van der Waals surface area contributed by atoms with E-state index in [0.717, 1.165) is 5.56 Å². The van der Waals surface area contributed by atoms with Crippen LogP contribution in [0.15, 0.2) is 46.4 Å². The molecule has 1 aliphatic heterocycles. The van der Waals surface area contributed by atoms with Gasteiger partial charge >= 0.3 is 0 Å². The van der Waals surface area contributed by atoms with Gasteiger partial charge in [0.15, 0.2) is 5.78 Å². The van der Waals surface area contributed by atoms with Crippen LogP contribution in [0, 0.1) is 25.2 Å². The van der Waals surface area contributed by atoms with Gasteiger partial charge in [-0.05, 0) is 56.0 Å². The molecule has 1 amide bonds. The van der Waals surface area contributed by atoms with Gasteiger partial charge in [0.05, 0.1) is 12.8 Å². The highest BCUT2D eigenvalue weighted by Crippen LogP contribution is 2.41. The first kappa shape index (κ1) is 20.6. The van der Waals surface area contributed by atoms with Gasteiger partial charge in [0.25, 0.3) is 5.56 Å². The number of Topliss-reactive ketones (excluding diaryl/α,β-unsaturated/α-hetero) is 1. The number of hydrogen-bond acceptors (Lipinski definition) is 5. The standard InChI is InChI=1S/C24H23N3O4/c1-14-10-15(2)26(24(30)19(14)13-25)27-20-8-5-9-21(28)23(20)18(12-22(27)29)16-6-4-7-17(11-16)31-3/h4,6-7,10-11,18H,5,8-9,12H2,1-3H3. The van der Waals surface area contributed by atoms with Gasteiger partial charge in [-0.3, -0.25) is 14.4 Å². The quantitative estimate of drug-likeness (QED) is 0.765. The van der Waals surface area contributed by atoms with Crippen molar-refractivity contribution in [3.8, 4) is 11.8 Å². The fourth-order valence-corrected chi connectivity index (χ4v) is 4.62. The van der Waals surface area contributed by atoms with Crippen molar-refractivity contribution in [1.29, 1.82) is 5.26 Å². The second-order valence-corrected chi connectivity index (χ2v) is 7.95. The van der Waals surface area contributed by atoms with Crippen LogP contribution in [0.3, 0.4) is 0 Å². The number of nitrogens with zero attached hydrogens (tertiary/aromatic N) is 3. The molecule has 0 fully saturated rings. The van der Waals surface area contributed by atoms with Crippen molar-refractivity contribution < 1.29 is 14.3 Å². The average Bonchev–Trinajstić information content (AvgIpc) is 2.75. The molecule has 0 N–H and O–H groups in total. The minimum atomic E-state index is -0.543. The zero-order valence-electron chi connectivity index (χ0n) is 17.8. The van der Waals surface area contributed by atoms with Crippen LogP contribution in [-0.4, -0.2) is 23.5 Å². The summed E-state index contributed by atoms with van der Waals surface area (Å²) in [6.07, 6.45) is 1.58. The van der Waals surface area contributed by atoms with Crippen molar-refractivity contribution in [2.75, 3.05) is 12.1 Å². The molecule has 0 radical (unpaired) electrons. The number of aryl methyl sites for hydroxylation is 2. The zero-order chi connectivity index (χ0) is 22.3. The van der Waals surface area contributed by atoms with Gasteiger partial charge in [-0.2, -0.15) is 5.26 Å². The fourth-order valence-electron chi connectivity index (χ4n) is 4.62. The number of pyridine rings is 1. The van der Waals surface area contributed by atoms with Gasteiger partial charge in [0.1, 0.15) is 17.4 Å². The fraction of sp³-hybridized carbons (Fsp3) is 0.333. The Hall–Kier alpha value is -3.66. The molecule has 7 heteroatoms. The lowest BCUT2D eigenvalue weighted by Crippen LogP contribution is -2.52.